The zero-order valence-corrected chi connectivity index (χ0v) is 8.44. The summed E-state index contributed by atoms with van der Waals surface area (Å²) < 4.78 is 0. The molecule has 0 spiro atoms. The summed E-state index contributed by atoms with van der Waals surface area (Å²) in [5.74, 6) is 0. The number of oxime groups is 1. The molecule has 0 bridgehead atoms. The van der Waals surface area contributed by atoms with Crippen LogP contribution in [0.2, 0.25) is 0 Å². The smallest absolute Gasteiger partial charge is 0.0822 e. The van der Waals surface area contributed by atoms with Crippen molar-refractivity contribution in [2.75, 3.05) is 0 Å². The van der Waals surface area contributed by atoms with Crippen LogP contribution in [0.4, 0.5) is 0 Å². The molecule has 0 saturated carbocycles. The van der Waals surface area contributed by atoms with E-state index in [1.165, 1.54) is 0 Å². The molecule has 0 amide bonds. The van der Waals surface area contributed by atoms with E-state index in [1.54, 1.807) is 12.4 Å². The average molecular weight is 190 g/mol. The fourth-order valence-electron chi connectivity index (χ4n) is 1.22. The van der Waals surface area contributed by atoms with Crippen LogP contribution in [0.15, 0.2) is 35.3 Å². The fraction of sp³-hybridized carbons (Fsp3) is 0.273. The van der Waals surface area contributed by atoms with Gasteiger partial charge in [0.05, 0.1) is 5.71 Å². The summed E-state index contributed by atoms with van der Waals surface area (Å²) in [6.07, 6.45) is 6.17. The summed E-state index contributed by atoms with van der Waals surface area (Å²) in [4.78, 5) is 4.00. The summed E-state index contributed by atoms with van der Waals surface area (Å²) in [6, 6.07) is 3.84. The maximum Gasteiger partial charge on any atom is 0.0822 e. The van der Waals surface area contributed by atoms with E-state index in [9.17, 15) is 0 Å². The van der Waals surface area contributed by atoms with Crippen molar-refractivity contribution in [1.82, 2.24) is 4.98 Å². The van der Waals surface area contributed by atoms with E-state index in [1.807, 2.05) is 32.1 Å². The maximum atomic E-state index is 8.71. The van der Waals surface area contributed by atoms with Crippen molar-refractivity contribution in [3.63, 3.8) is 0 Å². The molecular weight excluding hydrogens is 176 g/mol. The number of aromatic nitrogens is 1. The summed E-state index contributed by atoms with van der Waals surface area (Å²) in [6.45, 7) is 3.88. The summed E-state index contributed by atoms with van der Waals surface area (Å²) in [5.41, 5.74) is 2.68. The molecule has 0 atom stereocenters. The van der Waals surface area contributed by atoms with Crippen LogP contribution in [0.5, 0.6) is 0 Å². The van der Waals surface area contributed by atoms with E-state index in [0.717, 1.165) is 17.6 Å². The molecule has 3 nitrogen and oxygen atoms in total. The van der Waals surface area contributed by atoms with Crippen LogP contribution in [-0.4, -0.2) is 15.9 Å². The minimum Gasteiger partial charge on any atom is -0.411 e. The predicted octanol–water partition coefficient (Wildman–Crippen LogP) is 2.73. The first kappa shape index (κ1) is 10.4. The van der Waals surface area contributed by atoms with Gasteiger partial charge in [-0.15, -0.1) is 0 Å². The van der Waals surface area contributed by atoms with E-state index >= 15 is 0 Å². The molecule has 1 heterocycles. The van der Waals surface area contributed by atoms with E-state index in [-0.39, 0.29) is 0 Å². The Morgan fingerprint density at radius 1 is 1.64 bits per heavy atom. The molecule has 0 unspecified atom stereocenters. The van der Waals surface area contributed by atoms with Gasteiger partial charge in [-0.1, -0.05) is 18.1 Å². The number of rotatable bonds is 3. The lowest BCUT2D eigenvalue weighted by atomic mass is 10.1. The Kier molecular flexibility index (Phi) is 3.85. The van der Waals surface area contributed by atoms with E-state index in [4.69, 9.17) is 5.21 Å². The second kappa shape index (κ2) is 5.17. The Labute approximate surface area is 83.8 Å². The summed E-state index contributed by atoms with van der Waals surface area (Å²) >= 11 is 0. The van der Waals surface area contributed by atoms with Crippen LogP contribution in [0.3, 0.4) is 0 Å². The van der Waals surface area contributed by atoms with Crippen LogP contribution in [0.1, 0.15) is 25.8 Å². The summed E-state index contributed by atoms with van der Waals surface area (Å²) in [5, 5.41) is 11.9. The first-order chi connectivity index (χ1) is 6.77. The fourth-order valence-corrected chi connectivity index (χ4v) is 1.22. The van der Waals surface area contributed by atoms with Crippen molar-refractivity contribution in [3.05, 3.63) is 35.7 Å². The highest BCUT2D eigenvalue weighted by Gasteiger charge is 1.99. The zero-order chi connectivity index (χ0) is 10.4. The molecule has 0 fully saturated rings. The highest BCUT2D eigenvalue weighted by Crippen LogP contribution is 2.08. The topological polar surface area (TPSA) is 45.5 Å². The van der Waals surface area contributed by atoms with Crippen molar-refractivity contribution in [1.29, 1.82) is 0 Å². The number of hydrogen-bond acceptors (Lipinski definition) is 3. The van der Waals surface area contributed by atoms with Crippen LogP contribution in [0, 0.1) is 0 Å². The predicted molar refractivity (Wildman–Crippen MR) is 57.4 cm³/mol. The Hall–Kier alpha value is -1.64. The molecule has 0 aliphatic heterocycles. The lowest BCUT2D eigenvalue weighted by Gasteiger charge is -2.00. The lowest BCUT2D eigenvalue weighted by Crippen LogP contribution is -1.97. The highest BCUT2D eigenvalue weighted by molar-refractivity contribution is 6.02. The van der Waals surface area contributed by atoms with Crippen molar-refractivity contribution >= 4 is 11.8 Å². The second-order valence-electron chi connectivity index (χ2n) is 3.01. The third-order valence-corrected chi connectivity index (χ3v) is 1.98. The number of hydrogen-bond donors (Lipinski definition) is 1. The maximum absolute atomic E-state index is 8.71. The Morgan fingerprint density at radius 3 is 2.93 bits per heavy atom. The second-order valence-corrected chi connectivity index (χ2v) is 3.01. The van der Waals surface area contributed by atoms with Crippen molar-refractivity contribution in [2.24, 2.45) is 5.16 Å². The first-order valence-corrected chi connectivity index (χ1v) is 4.57. The van der Waals surface area contributed by atoms with Crippen molar-refractivity contribution < 1.29 is 5.21 Å². The minimum atomic E-state index is 0.703. The average Bonchev–Trinajstić information content (AvgIpc) is 2.21. The largest absolute Gasteiger partial charge is 0.411 e. The quantitative estimate of drug-likeness (QED) is 0.452. The summed E-state index contributed by atoms with van der Waals surface area (Å²) in [7, 11) is 0. The van der Waals surface area contributed by atoms with Gasteiger partial charge in [-0.3, -0.25) is 4.98 Å². The van der Waals surface area contributed by atoms with E-state index < -0.39 is 0 Å². The van der Waals surface area contributed by atoms with Crippen LogP contribution < -0.4 is 0 Å². The van der Waals surface area contributed by atoms with Crippen molar-refractivity contribution in [3.8, 4) is 0 Å². The third kappa shape index (κ3) is 2.69. The molecule has 14 heavy (non-hydrogen) atoms. The Morgan fingerprint density at radius 2 is 2.43 bits per heavy atom. The zero-order valence-electron chi connectivity index (χ0n) is 8.44. The highest BCUT2D eigenvalue weighted by atomic mass is 16.4. The Bertz CT molecular complexity index is 342. The van der Waals surface area contributed by atoms with Gasteiger partial charge in [0.25, 0.3) is 0 Å². The third-order valence-electron chi connectivity index (χ3n) is 1.98. The van der Waals surface area contributed by atoms with Crippen LogP contribution >= 0.6 is 0 Å². The molecule has 3 heteroatoms. The standard InChI is InChI=1S/C11H14N2O/c1-3-11(13-14)9(2)7-10-5-4-6-12-8-10/h4-8,14H,3H2,1-2H3. The molecule has 0 radical (unpaired) electrons. The number of allylic oxidation sites excluding steroid dienone is 1. The van der Waals surface area contributed by atoms with Gasteiger partial charge in [0, 0.05) is 12.4 Å². The molecule has 74 valence electrons. The van der Waals surface area contributed by atoms with Gasteiger partial charge in [0.2, 0.25) is 0 Å². The van der Waals surface area contributed by atoms with Gasteiger partial charge in [-0.05, 0) is 36.6 Å². The van der Waals surface area contributed by atoms with Gasteiger partial charge >= 0.3 is 0 Å². The molecule has 1 rings (SSSR count). The van der Waals surface area contributed by atoms with Crippen molar-refractivity contribution in [2.45, 2.75) is 20.3 Å². The van der Waals surface area contributed by atoms with Gasteiger partial charge in [0.15, 0.2) is 0 Å². The van der Waals surface area contributed by atoms with E-state index in [2.05, 4.69) is 10.1 Å². The van der Waals surface area contributed by atoms with E-state index in [0.29, 0.717) is 5.71 Å². The number of nitrogens with zero attached hydrogens (tertiary/aromatic N) is 2. The van der Waals surface area contributed by atoms with Gasteiger partial charge in [0.1, 0.15) is 0 Å². The van der Waals surface area contributed by atoms with Gasteiger partial charge in [-0.25, -0.2) is 0 Å². The normalized spacial score (nSPS) is 13.0. The monoisotopic (exact) mass is 190 g/mol. The van der Waals surface area contributed by atoms with Crippen LogP contribution in [-0.2, 0) is 0 Å². The molecule has 1 aromatic rings. The minimum absolute atomic E-state index is 0.703. The van der Waals surface area contributed by atoms with Gasteiger partial charge < -0.3 is 5.21 Å². The Balaban J connectivity index is 2.89. The number of pyridine rings is 1. The first-order valence-electron chi connectivity index (χ1n) is 4.57. The molecule has 0 aliphatic carbocycles. The molecule has 1 N–H and O–H groups in total. The molecule has 0 saturated heterocycles. The van der Waals surface area contributed by atoms with Gasteiger partial charge in [-0.2, -0.15) is 0 Å². The SMILES string of the molecule is CCC(=NO)C(C)=Cc1cccnc1. The molecule has 0 aromatic carbocycles. The molecular formula is C11H14N2O. The lowest BCUT2D eigenvalue weighted by molar-refractivity contribution is 0.318. The molecule has 1 aromatic heterocycles. The van der Waals surface area contributed by atoms with Crippen LogP contribution in [0.25, 0.3) is 6.08 Å². The molecule has 0 aliphatic rings.